The van der Waals surface area contributed by atoms with Crippen LogP contribution in [0.15, 0.2) is 59.8 Å². The first-order chi connectivity index (χ1) is 17.0. The largest absolute Gasteiger partial charge is 0.368 e. The zero-order valence-electron chi connectivity index (χ0n) is 19.3. The van der Waals surface area contributed by atoms with Crippen LogP contribution in [0.2, 0.25) is 0 Å². The second-order valence-electron chi connectivity index (χ2n) is 8.71. The molecule has 4 heterocycles. The van der Waals surface area contributed by atoms with Crippen LogP contribution in [0.4, 0.5) is 17.5 Å². The molecule has 10 heteroatoms. The van der Waals surface area contributed by atoms with Gasteiger partial charge in [-0.25, -0.2) is 15.0 Å². The van der Waals surface area contributed by atoms with Crippen LogP contribution in [0.5, 0.6) is 0 Å². The number of benzene rings is 1. The number of aromatic nitrogens is 4. The molecule has 5 N–H and O–H groups in total. The van der Waals surface area contributed by atoms with Crippen molar-refractivity contribution in [2.45, 2.75) is 18.9 Å². The van der Waals surface area contributed by atoms with Crippen molar-refractivity contribution in [2.24, 2.45) is 0 Å². The predicted octanol–water partition coefficient (Wildman–Crippen LogP) is 2.53. The molecule has 1 saturated heterocycles. The maximum Gasteiger partial charge on any atom is 0.259 e. The summed E-state index contributed by atoms with van der Waals surface area (Å²) >= 11 is 0. The Morgan fingerprint density at radius 3 is 2.54 bits per heavy atom. The van der Waals surface area contributed by atoms with Crippen molar-refractivity contribution >= 4 is 34.1 Å². The van der Waals surface area contributed by atoms with E-state index < -0.39 is 0 Å². The molecule has 1 aliphatic heterocycles. The van der Waals surface area contributed by atoms with Gasteiger partial charge in [0.15, 0.2) is 0 Å². The van der Waals surface area contributed by atoms with Crippen molar-refractivity contribution < 1.29 is 4.79 Å². The zero-order chi connectivity index (χ0) is 24.4. The average Bonchev–Trinajstić information content (AvgIpc) is 2.86. The highest BCUT2D eigenvalue weighted by atomic mass is 16.1. The highest BCUT2D eigenvalue weighted by Crippen LogP contribution is 2.27. The van der Waals surface area contributed by atoms with Gasteiger partial charge in [0.2, 0.25) is 5.95 Å². The number of piperidine rings is 1. The van der Waals surface area contributed by atoms with Crippen LogP contribution in [0.3, 0.4) is 0 Å². The maximum absolute atomic E-state index is 12.7. The van der Waals surface area contributed by atoms with E-state index in [4.69, 9.17) is 5.73 Å². The number of nitrogens with two attached hydrogens (primary N) is 1. The second kappa shape index (κ2) is 9.51. The number of hydrogen-bond acceptors (Lipinski definition) is 8. The van der Waals surface area contributed by atoms with Crippen LogP contribution in [0.25, 0.3) is 22.0 Å². The van der Waals surface area contributed by atoms with Crippen LogP contribution in [-0.2, 0) is 0 Å². The van der Waals surface area contributed by atoms with Gasteiger partial charge in [-0.15, -0.1) is 0 Å². The second-order valence-corrected chi connectivity index (χ2v) is 8.71. The lowest BCUT2D eigenvalue weighted by molar-refractivity contribution is 0.0917. The Bertz CT molecular complexity index is 1410. The summed E-state index contributed by atoms with van der Waals surface area (Å²) in [5.74, 6) is 0.473. The molecule has 10 nitrogen and oxygen atoms in total. The van der Waals surface area contributed by atoms with E-state index in [1.54, 1.807) is 48.9 Å². The van der Waals surface area contributed by atoms with E-state index in [-0.39, 0.29) is 23.5 Å². The van der Waals surface area contributed by atoms with Gasteiger partial charge in [-0.05, 0) is 74.8 Å². The van der Waals surface area contributed by atoms with E-state index in [1.807, 2.05) is 6.07 Å². The molecule has 1 aromatic carbocycles. The van der Waals surface area contributed by atoms with E-state index in [0.717, 1.165) is 25.9 Å². The molecule has 1 aliphatic rings. The molecule has 0 radical (unpaired) electrons. The van der Waals surface area contributed by atoms with E-state index in [2.05, 4.69) is 42.5 Å². The number of pyridine rings is 2. The number of carbonyl (C=O) groups excluding carboxylic acids is 1. The number of anilines is 3. The number of amides is 1. The minimum Gasteiger partial charge on any atom is -0.368 e. The Labute approximate surface area is 201 Å². The summed E-state index contributed by atoms with van der Waals surface area (Å²) in [5.41, 5.74) is 7.90. The van der Waals surface area contributed by atoms with Crippen LogP contribution >= 0.6 is 0 Å². The third-order valence-electron chi connectivity index (χ3n) is 6.19. The van der Waals surface area contributed by atoms with E-state index in [1.165, 1.54) is 0 Å². The van der Waals surface area contributed by atoms with Gasteiger partial charge in [-0.2, -0.15) is 0 Å². The quantitative estimate of drug-likeness (QED) is 0.349. The minimum atomic E-state index is -0.258. The fraction of sp³-hybridized carbons (Fsp3) is 0.240. The number of H-pyrrole nitrogens is 1. The SMILES string of the molecule is CN1CCC(NC(=O)c2ccc(Nc3nc(-c4cnc(N)nc4)cc4cc[nH]c(=O)c34)cc2)CC1. The number of carbonyl (C=O) groups is 1. The van der Waals surface area contributed by atoms with Gasteiger partial charge in [0, 0.05) is 41.4 Å². The van der Waals surface area contributed by atoms with E-state index >= 15 is 0 Å². The van der Waals surface area contributed by atoms with Crippen LogP contribution in [-0.4, -0.2) is 56.9 Å². The van der Waals surface area contributed by atoms with Gasteiger partial charge in [0.1, 0.15) is 5.82 Å². The molecule has 0 bridgehead atoms. The predicted molar refractivity (Wildman–Crippen MR) is 136 cm³/mol. The van der Waals surface area contributed by atoms with Crippen molar-refractivity contribution in [3.8, 4) is 11.3 Å². The third-order valence-corrected chi connectivity index (χ3v) is 6.19. The van der Waals surface area contributed by atoms with Gasteiger partial charge < -0.3 is 26.3 Å². The molecule has 0 spiro atoms. The molecule has 0 unspecified atom stereocenters. The van der Waals surface area contributed by atoms with E-state index in [0.29, 0.717) is 39.1 Å². The van der Waals surface area contributed by atoms with Crippen molar-refractivity contribution in [1.82, 2.24) is 30.2 Å². The Morgan fingerprint density at radius 1 is 1.11 bits per heavy atom. The lowest BCUT2D eigenvalue weighted by Gasteiger charge is -2.29. The lowest BCUT2D eigenvalue weighted by Crippen LogP contribution is -2.43. The molecule has 4 aromatic rings. The van der Waals surface area contributed by atoms with Gasteiger partial charge in [-0.1, -0.05) is 0 Å². The summed E-state index contributed by atoms with van der Waals surface area (Å²) in [4.78, 5) is 43.0. The molecule has 1 fully saturated rings. The molecule has 0 atom stereocenters. The molecular formula is C25H26N8O2. The van der Waals surface area contributed by atoms with Gasteiger partial charge in [0.25, 0.3) is 11.5 Å². The highest BCUT2D eigenvalue weighted by molar-refractivity contribution is 5.96. The first-order valence-corrected chi connectivity index (χ1v) is 11.4. The summed E-state index contributed by atoms with van der Waals surface area (Å²) in [7, 11) is 2.09. The van der Waals surface area contributed by atoms with Crippen molar-refractivity contribution in [3.63, 3.8) is 0 Å². The summed E-state index contributed by atoms with van der Waals surface area (Å²) in [6.07, 6.45) is 6.67. The Hall–Kier alpha value is -4.31. The molecule has 1 amide bonds. The Morgan fingerprint density at radius 2 is 1.83 bits per heavy atom. The number of likely N-dealkylation sites (tertiary alicyclic amines) is 1. The summed E-state index contributed by atoms with van der Waals surface area (Å²) in [6.45, 7) is 1.96. The lowest BCUT2D eigenvalue weighted by atomic mass is 10.0. The maximum atomic E-state index is 12.7. The van der Waals surface area contributed by atoms with Crippen molar-refractivity contribution in [2.75, 3.05) is 31.2 Å². The number of hydrogen-bond donors (Lipinski definition) is 4. The fourth-order valence-corrected chi connectivity index (χ4v) is 4.19. The zero-order valence-corrected chi connectivity index (χ0v) is 19.3. The van der Waals surface area contributed by atoms with Crippen LogP contribution in [0.1, 0.15) is 23.2 Å². The molecular weight excluding hydrogens is 444 g/mol. The van der Waals surface area contributed by atoms with E-state index in [9.17, 15) is 9.59 Å². The Balaban J connectivity index is 1.40. The number of aromatic amines is 1. The minimum absolute atomic E-state index is 0.0866. The highest BCUT2D eigenvalue weighted by Gasteiger charge is 2.19. The number of nitrogens with one attached hydrogen (secondary N) is 3. The fourth-order valence-electron chi connectivity index (χ4n) is 4.19. The average molecular weight is 471 g/mol. The molecule has 0 aliphatic carbocycles. The molecule has 0 saturated carbocycles. The van der Waals surface area contributed by atoms with Crippen molar-refractivity contribution in [1.29, 1.82) is 0 Å². The standard InChI is InChI=1S/C25H26N8O2/c1-33-10-7-19(8-11-33)31-23(34)15-2-4-18(5-3-15)30-22-21-16(6-9-27-24(21)35)12-20(32-22)17-13-28-25(26)29-14-17/h2-6,9,12-14,19H,7-8,10-11H2,1H3,(H,27,35)(H,30,32)(H,31,34)(H2,26,28,29). The van der Waals surface area contributed by atoms with Gasteiger partial charge >= 0.3 is 0 Å². The number of nitrogens with zero attached hydrogens (tertiary/aromatic N) is 4. The van der Waals surface area contributed by atoms with Gasteiger partial charge in [-0.3, -0.25) is 9.59 Å². The summed E-state index contributed by atoms with van der Waals surface area (Å²) in [5, 5.41) is 7.49. The Kier molecular flexibility index (Phi) is 6.11. The number of rotatable bonds is 5. The first-order valence-electron chi connectivity index (χ1n) is 11.4. The molecule has 3 aromatic heterocycles. The summed E-state index contributed by atoms with van der Waals surface area (Å²) < 4.78 is 0. The molecule has 178 valence electrons. The van der Waals surface area contributed by atoms with Gasteiger partial charge in [0.05, 0.1) is 11.1 Å². The smallest absolute Gasteiger partial charge is 0.259 e. The molecule has 35 heavy (non-hydrogen) atoms. The third kappa shape index (κ3) is 4.97. The number of nitrogen functional groups attached to an aromatic ring is 1. The number of fused-ring (bicyclic) bond motifs is 1. The van der Waals surface area contributed by atoms with Crippen LogP contribution < -0.4 is 21.9 Å². The topological polar surface area (TPSA) is 142 Å². The van der Waals surface area contributed by atoms with Crippen LogP contribution in [0, 0.1) is 0 Å². The monoisotopic (exact) mass is 470 g/mol. The van der Waals surface area contributed by atoms with Crippen molar-refractivity contribution in [3.05, 3.63) is 70.9 Å². The normalized spacial score (nSPS) is 14.7. The first kappa shape index (κ1) is 22.5. The molecule has 5 rings (SSSR count). The summed E-state index contributed by atoms with van der Waals surface area (Å²) in [6, 6.07) is 10.9.